The fourth-order valence-electron chi connectivity index (χ4n) is 3.07. The Labute approximate surface area is 102 Å². The highest BCUT2D eigenvalue weighted by Gasteiger charge is 2.73. The molecular weight excluding hydrogens is 264 g/mol. The van der Waals surface area contributed by atoms with Gasteiger partial charge in [-0.3, -0.25) is 0 Å². The summed E-state index contributed by atoms with van der Waals surface area (Å²) in [5.74, 6) is 0. The second-order valence-electron chi connectivity index (χ2n) is 4.85. The van der Waals surface area contributed by atoms with Crippen LogP contribution in [0.4, 0.5) is 0 Å². The third-order valence-electron chi connectivity index (χ3n) is 3.81. The summed E-state index contributed by atoms with van der Waals surface area (Å²) in [6, 6.07) is 0. The SMILES string of the molecule is CCC[C@@]1(S(C)(=O)=O)[C@@H]2OCCC[C@@H]2S1(=O)=O. The molecule has 2 fully saturated rings. The predicted molar refractivity (Wildman–Crippen MR) is 64.2 cm³/mol. The van der Waals surface area contributed by atoms with E-state index in [1.165, 1.54) is 0 Å². The molecule has 0 radical (unpaired) electrons. The molecule has 0 aromatic carbocycles. The molecule has 2 saturated heterocycles. The molecule has 2 aliphatic rings. The van der Waals surface area contributed by atoms with Crippen LogP contribution in [0, 0.1) is 0 Å². The Kier molecular flexibility index (Phi) is 3.07. The Morgan fingerprint density at radius 2 is 2.06 bits per heavy atom. The van der Waals surface area contributed by atoms with Gasteiger partial charge in [-0.25, -0.2) is 16.8 Å². The van der Waals surface area contributed by atoms with Crippen molar-refractivity contribution in [3.8, 4) is 0 Å². The van der Waals surface area contributed by atoms with Gasteiger partial charge < -0.3 is 4.74 Å². The minimum absolute atomic E-state index is 0.134. The summed E-state index contributed by atoms with van der Waals surface area (Å²) in [4.78, 5) is 0. The van der Waals surface area contributed by atoms with Crippen molar-refractivity contribution in [2.24, 2.45) is 0 Å². The maximum Gasteiger partial charge on any atom is 0.200 e. The van der Waals surface area contributed by atoms with Gasteiger partial charge in [0.15, 0.2) is 23.8 Å². The Morgan fingerprint density at radius 3 is 2.59 bits per heavy atom. The van der Waals surface area contributed by atoms with E-state index in [2.05, 4.69) is 0 Å². The van der Waals surface area contributed by atoms with Crippen LogP contribution in [-0.4, -0.2) is 45.1 Å². The van der Waals surface area contributed by atoms with Gasteiger partial charge in [-0.1, -0.05) is 13.3 Å². The molecule has 0 bridgehead atoms. The Hall–Kier alpha value is -0.140. The highest BCUT2D eigenvalue weighted by atomic mass is 32.3. The molecule has 100 valence electrons. The molecule has 0 N–H and O–H groups in total. The van der Waals surface area contributed by atoms with Gasteiger partial charge in [-0.2, -0.15) is 0 Å². The summed E-state index contributed by atoms with van der Waals surface area (Å²) < 4.78 is 52.2. The van der Waals surface area contributed by atoms with Crippen LogP contribution in [0.25, 0.3) is 0 Å². The monoisotopic (exact) mass is 282 g/mol. The van der Waals surface area contributed by atoms with Crippen LogP contribution in [0.3, 0.4) is 0 Å². The van der Waals surface area contributed by atoms with Crippen LogP contribution >= 0.6 is 0 Å². The molecule has 2 heterocycles. The van der Waals surface area contributed by atoms with Gasteiger partial charge in [0.25, 0.3) is 0 Å². The Morgan fingerprint density at radius 1 is 1.41 bits per heavy atom. The second-order valence-corrected chi connectivity index (χ2v) is 9.81. The third-order valence-corrected chi connectivity index (χ3v) is 9.78. The van der Waals surface area contributed by atoms with E-state index in [4.69, 9.17) is 4.74 Å². The molecule has 0 aromatic rings. The van der Waals surface area contributed by atoms with Crippen molar-refractivity contribution in [1.29, 1.82) is 0 Å². The van der Waals surface area contributed by atoms with Gasteiger partial charge in [0.1, 0.15) is 6.10 Å². The van der Waals surface area contributed by atoms with E-state index in [1.54, 1.807) is 6.92 Å². The lowest BCUT2D eigenvalue weighted by molar-refractivity contribution is -0.0107. The summed E-state index contributed by atoms with van der Waals surface area (Å²) in [7, 11) is -7.30. The van der Waals surface area contributed by atoms with E-state index in [9.17, 15) is 16.8 Å². The van der Waals surface area contributed by atoms with Crippen molar-refractivity contribution >= 4 is 19.7 Å². The molecule has 0 spiro atoms. The smallest absolute Gasteiger partial charge is 0.200 e. The van der Waals surface area contributed by atoms with Crippen molar-refractivity contribution in [2.75, 3.05) is 12.9 Å². The molecule has 0 aliphatic carbocycles. The van der Waals surface area contributed by atoms with E-state index >= 15 is 0 Å². The van der Waals surface area contributed by atoms with Crippen LogP contribution < -0.4 is 0 Å². The molecule has 2 aliphatic heterocycles. The van der Waals surface area contributed by atoms with E-state index in [0.717, 1.165) is 6.26 Å². The number of fused-ring (bicyclic) bond motifs is 1. The van der Waals surface area contributed by atoms with Gasteiger partial charge in [-0.05, 0) is 19.3 Å². The standard InChI is InChI=1S/C10H18O5S2/c1-3-6-10(16(2,11)12)9-8(17(10,13)14)5-4-7-15-9/h8-9H,3-7H2,1-2H3/t8-,9+,10-/m0/s1. The van der Waals surface area contributed by atoms with Crippen LogP contribution in [0.5, 0.6) is 0 Å². The summed E-state index contributed by atoms with van der Waals surface area (Å²) in [6.07, 6.45) is 2.21. The van der Waals surface area contributed by atoms with Crippen LogP contribution in [0.1, 0.15) is 32.6 Å². The number of sulfone groups is 2. The molecule has 0 unspecified atom stereocenters. The molecule has 3 atom stereocenters. The maximum atomic E-state index is 12.3. The zero-order chi connectivity index (χ0) is 12.9. The Balaban J connectivity index is 2.53. The van der Waals surface area contributed by atoms with Gasteiger partial charge >= 0.3 is 0 Å². The summed E-state index contributed by atoms with van der Waals surface area (Å²) in [6.45, 7) is 2.25. The first-order valence-corrected chi connectivity index (χ1v) is 9.27. The van der Waals surface area contributed by atoms with Gasteiger partial charge in [-0.15, -0.1) is 0 Å². The fraction of sp³-hybridized carbons (Fsp3) is 1.00. The van der Waals surface area contributed by atoms with Crippen molar-refractivity contribution in [2.45, 2.75) is 48.0 Å². The van der Waals surface area contributed by atoms with Crippen molar-refractivity contribution < 1.29 is 21.6 Å². The topological polar surface area (TPSA) is 77.5 Å². The summed E-state index contributed by atoms with van der Waals surface area (Å²) in [5, 5.41) is -0.613. The van der Waals surface area contributed by atoms with Gasteiger partial charge in [0.05, 0.1) is 5.25 Å². The number of hydrogen-bond donors (Lipinski definition) is 0. The first-order valence-electron chi connectivity index (χ1n) is 5.83. The Bertz CT molecular complexity index is 507. The van der Waals surface area contributed by atoms with Crippen molar-refractivity contribution in [1.82, 2.24) is 0 Å². The normalized spacial score (nSPS) is 40.4. The maximum absolute atomic E-state index is 12.3. The molecule has 2 rings (SSSR count). The summed E-state index contributed by atoms with van der Waals surface area (Å²) in [5.41, 5.74) is 0. The van der Waals surface area contributed by atoms with E-state index < -0.39 is 35.1 Å². The first kappa shape index (κ1) is 13.3. The lowest BCUT2D eigenvalue weighted by Gasteiger charge is -2.53. The van der Waals surface area contributed by atoms with Crippen LogP contribution in [0.2, 0.25) is 0 Å². The molecule has 0 amide bonds. The number of rotatable bonds is 3. The molecule has 0 saturated carbocycles. The molecule has 17 heavy (non-hydrogen) atoms. The lowest BCUT2D eigenvalue weighted by Crippen LogP contribution is -2.74. The number of hydrogen-bond acceptors (Lipinski definition) is 5. The van der Waals surface area contributed by atoms with Gasteiger partial charge in [0, 0.05) is 12.9 Å². The molecule has 0 aromatic heterocycles. The fourth-order valence-corrected chi connectivity index (χ4v) is 8.89. The highest BCUT2D eigenvalue weighted by Crippen LogP contribution is 2.52. The summed E-state index contributed by atoms with van der Waals surface area (Å²) >= 11 is 0. The average Bonchev–Trinajstić information content (AvgIpc) is 2.24. The van der Waals surface area contributed by atoms with Crippen LogP contribution in [-0.2, 0) is 24.4 Å². The molecule has 5 nitrogen and oxygen atoms in total. The molecular formula is C10H18O5S2. The highest BCUT2D eigenvalue weighted by molar-refractivity contribution is 8.11. The largest absolute Gasteiger partial charge is 0.374 e. The van der Waals surface area contributed by atoms with E-state index in [-0.39, 0.29) is 6.42 Å². The third kappa shape index (κ3) is 1.51. The van der Waals surface area contributed by atoms with Crippen LogP contribution in [0.15, 0.2) is 0 Å². The average molecular weight is 282 g/mol. The predicted octanol–water partition coefficient (Wildman–Crippen LogP) is 0.503. The second kappa shape index (κ2) is 3.93. The number of ether oxygens (including phenoxy) is 1. The molecule has 7 heteroatoms. The van der Waals surface area contributed by atoms with E-state index in [0.29, 0.717) is 25.9 Å². The minimum Gasteiger partial charge on any atom is -0.374 e. The first-order chi connectivity index (χ1) is 7.79. The quantitative estimate of drug-likeness (QED) is 0.753. The van der Waals surface area contributed by atoms with E-state index in [1.807, 2.05) is 0 Å². The lowest BCUT2D eigenvalue weighted by atomic mass is 10.0. The van der Waals surface area contributed by atoms with Crippen molar-refractivity contribution in [3.05, 3.63) is 0 Å². The van der Waals surface area contributed by atoms with Crippen molar-refractivity contribution in [3.63, 3.8) is 0 Å². The zero-order valence-corrected chi connectivity index (χ0v) is 11.7. The zero-order valence-electron chi connectivity index (χ0n) is 10.0. The minimum atomic E-state index is -3.68. The van der Waals surface area contributed by atoms with Gasteiger partial charge in [0.2, 0.25) is 0 Å².